The Bertz CT molecular complexity index is 1180. The van der Waals surface area contributed by atoms with E-state index in [1.165, 1.54) is 19.5 Å². The van der Waals surface area contributed by atoms with Gasteiger partial charge in [-0.25, -0.2) is 15.0 Å². The van der Waals surface area contributed by atoms with Crippen LogP contribution in [0.3, 0.4) is 0 Å². The van der Waals surface area contributed by atoms with Gasteiger partial charge in [0.15, 0.2) is 11.3 Å². The van der Waals surface area contributed by atoms with Gasteiger partial charge in [-0.05, 0) is 5.56 Å². The molecule has 4 rings (SSSR count). The summed E-state index contributed by atoms with van der Waals surface area (Å²) >= 11 is 0. The number of amides is 1. The zero-order chi connectivity index (χ0) is 20.9. The van der Waals surface area contributed by atoms with Crippen molar-refractivity contribution in [2.75, 3.05) is 26.1 Å². The molecule has 0 aliphatic rings. The molecule has 0 radical (unpaired) electrons. The fraction of sp³-hybridized carbons (Fsp3) is 0.190. The molecule has 1 N–H and O–H groups in total. The molecule has 1 aromatic carbocycles. The van der Waals surface area contributed by atoms with E-state index < -0.39 is 0 Å². The molecule has 0 saturated carbocycles. The third-order valence-electron chi connectivity index (χ3n) is 4.48. The minimum atomic E-state index is -0.335. The molecule has 0 spiro atoms. The van der Waals surface area contributed by atoms with Crippen LogP contribution in [0.25, 0.3) is 22.2 Å². The third-order valence-corrected chi connectivity index (χ3v) is 4.48. The molecule has 0 saturated heterocycles. The van der Waals surface area contributed by atoms with Crippen LogP contribution in [0.4, 0.5) is 5.82 Å². The maximum absolute atomic E-state index is 12.6. The lowest BCUT2D eigenvalue weighted by Gasteiger charge is -2.10. The molecule has 0 aliphatic carbocycles. The summed E-state index contributed by atoms with van der Waals surface area (Å²) in [6.45, 7) is 1.07. The zero-order valence-corrected chi connectivity index (χ0v) is 16.6. The molecule has 0 fully saturated rings. The number of hydrogen-bond acceptors (Lipinski definition) is 7. The van der Waals surface area contributed by atoms with Crippen molar-refractivity contribution in [3.63, 3.8) is 0 Å². The van der Waals surface area contributed by atoms with E-state index in [0.29, 0.717) is 41.4 Å². The van der Waals surface area contributed by atoms with Crippen molar-refractivity contribution in [2.45, 2.75) is 6.54 Å². The van der Waals surface area contributed by atoms with E-state index in [-0.39, 0.29) is 5.91 Å². The van der Waals surface area contributed by atoms with Crippen LogP contribution < -0.4 is 10.1 Å². The number of aromatic nitrogens is 5. The second-order valence-corrected chi connectivity index (χ2v) is 6.44. The SMILES string of the molecule is COCCn1cc(C(=O)Nc2cnc3c(-c4ccccc4)cnc(OC)c3n2)cn1. The molecule has 0 atom stereocenters. The molecule has 9 heteroatoms. The number of ether oxygens (including phenoxy) is 2. The quantitative estimate of drug-likeness (QED) is 0.505. The predicted molar refractivity (Wildman–Crippen MR) is 111 cm³/mol. The van der Waals surface area contributed by atoms with Crippen molar-refractivity contribution in [1.82, 2.24) is 24.7 Å². The van der Waals surface area contributed by atoms with Crippen molar-refractivity contribution in [2.24, 2.45) is 0 Å². The number of nitrogens with zero attached hydrogens (tertiary/aromatic N) is 5. The Morgan fingerprint density at radius 2 is 1.90 bits per heavy atom. The summed E-state index contributed by atoms with van der Waals surface area (Å²) in [7, 11) is 3.13. The van der Waals surface area contributed by atoms with Crippen LogP contribution in [0.5, 0.6) is 5.88 Å². The summed E-state index contributed by atoms with van der Waals surface area (Å²) in [6.07, 6.45) is 6.37. The fourth-order valence-electron chi connectivity index (χ4n) is 3.00. The van der Waals surface area contributed by atoms with Crippen LogP contribution >= 0.6 is 0 Å². The van der Waals surface area contributed by atoms with Gasteiger partial charge >= 0.3 is 0 Å². The maximum Gasteiger partial charge on any atom is 0.260 e. The highest BCUT2D eigenvalue weighted by atomic mass is 16.5. The van der Waals surface area contributed by atoms with Crippen LogP contribution in [0.2, 0.25) is 0 Å². The summed E-state index contributed by atoms with van der Waals surface area (Å²) in [5.41, 5.74) is 3.31. The standard InChI is InChI=1S/C21H20N6O3/c1-29-9-8-27-13-15(10-24-27)20(28)26-17-12-22-18-16(14-6-4-3-5-7-14)11-23-21(30-2)19(18)25-17/h3-7,10-13H,8-9H2,1-2H3,(H,25,26,28). The average Bonchev–Trinajstić information content (AvgIpc) is 3.26. The number of anilines is 1. The molecule has 4 aromatic rings. The first-order valence-electron chi connectivity index (χ1n) is 9.27. The van der Waals surface area contributed by atoms with Gasteiger partial charge in [-0.2, -0.15) is 5.10 Å². The maximum atomic E-state index is 12.6. The molecule has 30 heavy (non-hydrogen) atoms. The highest BCUT2D eigenvalue weighted by molar-refractivity contribution is 6.04. The van der Waals surface area contributed by atoms with Gasteiger partial charge in [0.25, 0.3) is 5.91 Å². The van der Waals surface area contributed by atoms with Gasteiger partial charge in [-0.3, -0.25) is 9.48 Å². The molecule has 152 valence electrons. The Morgan fingerprint density at radius 1 is 1.07 bits per heavy atom. The van der Waals surface area contributed by atoms with E-state index in [4.69, 9.17) is 9.47 Å². The number of fused-ring (bicyclic) bond motifs is 1. The molecular weight excluding hydrogens is 384 g/mol. The largest absolute Gasteiger partial charge is 0.479 e. The van der Waals surface area contributed by atoms with Gasteiger partial charge in [0.1, 0.15) is 5.52 Å². The highest BCUT2D eigenvalue weighted by Crippen LogP contribution is 2.30. The fourth-order valence-corrected chi connectivity index (χ4v) is 3.00. The van der Waals surface area contributed by atoms with E-state index >= 15 is 0 Å². The first-order chi connectivity index (χ1) is 14.7. The normalized spacial score (nSPS) is 10.9. The van der Waals surface area contributed by atoms with Gasteiger partial charge < -0.3 is 14.8 Å². The van der Waals surface area contributed by atoms with Gasteiger partial charge in [-0.1, -0.05) is 30.3 Å². The minimum absolute atomic E-state index is 0.294. The number of carbonyl (C=O) groups excluding carboxylic acids is 1. The van der Waals surface area contributed by atoms with E-state index in [1.807, 2.05) is 30.3 Å². The average molecular weight is 404 g/mol. The zero-order valence-electron chi connectivity index (χ0n) is 16.6. The summed E-state index contributed by atoms with van der Waals surface area (Å²) in [4.78, 5) is 26.0. The second kappa shape index (κ2) is 8.66. The molecule has 1 amide bonds. The molecule has 9 nitrogen and oxygen atoms in total. The first-order valence-corrected chi connectivity index (χ1v) is 9.27. The highest BCUT2D eigenvalue weighted by Gasteiger charge is 2.15. The lowest BCUT2D eigenvalue weighted by molar-refractivity contribution is 0.102. The lowest BCUT2D eigenvalue weighted by atomic mass is 10.1. The number of nitrogens with one attached hydrogen (secondary N) is 1. The van der Waals surface area contributed by atoms with Crippen LogP contribution in [0, 0.1) is 0 Å². The van der Waals surface area contributed by atoms with Crippen molar-refractivity contribution in [1.29, 1.82) is 0 Å². The van der Waals surface area contributed by atoms with Crippen LogP contribution in [0.15, 0.2) is 55.1 Å². The predicted octanol–water partition coefficient (Wildman–Crippen LogP) is 2.80. The first kappa shape index (κ1) is 19.5. The summed E-state index contributed by atoms with van der Waals surface area (Å²) < 4.78 is 12.0. The van der Waals surface area contributed by atoms with Crippen molar-refractivity contribution in [3.05, 3.63) is 60.7 Å². The second-order valence-electron chi connectivity index (χ2n) is 6.44. The van der Waals surface area contributed by atoms with E-state index in [9.17, 15) is 4.79 Å². The minimum Gasteiger partial charge on any atom is -0.479 e. The van der Waals surface area contributed by atoms with E-state index in [0.717, 1.165) is 11.1 Å². The monoisotopic (exact) mass is 404 g/mol. The summed E-state index contributed by atoms with van der Waals surface area (Å²) in [5, 5.41) is 6.90. The van der Waals surface area contributed by atoms with Crippen molar-refractivity contribution >= 4 is 22.8 Å². The van der Waals surface area contributed by atoms with E-state index in [1.54, 1.807) is 24.2 Å². The van der Waals surface area contributed by atoms with Gasteiger partial charge in [0, 0.05) is 25.1 Å². The number of pyridine rings is 1. The Balaban J connectivity index is 1.64. The Hall–Kier alpha value is -3.85. The van der Waals surface area contributed by atoms with Gasteiger partial charge in [-0.15, -0.1) is 0 Å². The molecule has 0 bridgehead atoms. The van der Waals surface area contributed by atoms with E-state index in [2.05, 4.69) is 25.4 Å². The van der Waals surface area contributed by atoms with Crippen molar-refractivity contribution < 1.29 is 14.3 Å². The number of carbonyl (C=O) groups is 1. The smallest absolute Gasteiger partial charge is 0.260 e. The van der Waals surface area contributed by atoms with Crippen LogP contribution in [-0.2, 0) is 11.3 Å². The Morgan fingerprint density at radius 3 is 2.67 bits per heavy atom. The number of hydrogen-bond donors (Lipinski definition) is 1. The Labute approximate surface area is 172 Å². The van der Waals surface area contributed by atoms with Crippen LogP contribution in [-0.4, -0.2) is 51.5 Å². The van der Waals surface area contributed by atoms with Gasteiger partial charge in [0.05, 0.1) is 38.2 Å². The molecule has 0 unspecified atom stereocenters. The molecular formula is C21H20N6O3. The van der Waals surface area contributed by atoms with Crippen LogP contribution in [0.1, 0.15) is 10.4 Å². The summed E-state index contributed by atoms with van der Waals surface area (Å²) in [5.74, 6) is 0.293. The molecule has 3 heterocycles. The molecule has 3 aromatic heterocycles. The third kappa shape index (κ3) is 3.96. The number of benzene rings is 1. The topological polar surface area (TPSA) is 104 Å². The molecule has 0 aliphatic heterocycles. The number of methoxy groups -OCH3 is 2. The van der Waals surface area contributed by atoms with Gasteiger partial charge in [0.2, 0.25) is 5.88 Å². The number of rotatable bonds is 7. The Kier molecular flexibility index (Phi) is 5.62. The lowest BCUT2D eigenvalue weighted by Crippen LogP contribution is -2.13. The summed E-state index contributed by atoms with van der Waals surface area (Å²) in [6, 6.07) is 9.78. The van der Waals surface area contributed by atoms with Crippen molar-refractivity contribution in [3.8, 4) is 17.0 Å².